The van der Waals surface area contributed by atoms with Crippen molar-refractivity contribution in [3.05, 3.63) is 70.8 Å². The zero-order valence-electron chi connectivity index (χ0n) is 11.1. The van der Waals surface area contributed by atoms with E-state index in [1.54, 1.807) is 6.07 Å². The molecule has 0 aromatic heterocycles. The average molecular weight is 254 g/mol. The lowest BCUT2D eigenvalue weighted by molar-refractivity contribution is 0.0695. The number of carbonyl (C=O) groups is 1. The molecule has 2 aromatic carbocycles. The molecule has 0 saturated carbocycles. The molecular weight excluding hydrogens is 236 g/mol. The topological polar surface area (TPSA) is 37.3 Å². The standard InChI is InChI=1S/C17H18O2/c1-2-7-14-10-6-11-15(17(18)19)16(14)12-13-8-4-3-5-9-13/h3-6,8-11H,2,7,12H2,1H3,(H,18,19). The molecule has 2 aromatic rings. The third-order valence-corrected chi connectivity index (χ3v) is 3.25. The van der Waals surface area contributed by atoms with Gasteiger partial charge in [-0.05, 0) is 35.6 Å². The molecule has 2 nitrogen and oxygen atoms in total. The van der Waals surface area contributed by atoms with Crippen LogP contribution in [0.3, 0.4) is 0 Å². The first-order valence-electron chi connectivity index (χ1n) is 6.60. The smallest absolute Gasteiger partial charge is 0.335 e. The summed E-state index contributed by atoms with van der Waals surface area (Å²) in [4.78, 5) is 11.4. The molecule has 0 aliphatic carbocycles. The molecule has 0 aliphatic heterocycles. The van der Waals surface area contributed by atoms with Crippen molar-refractivity contribution in [2.24, 2.45) is 0 Å². The molecule has 2 heteroatoms. The maximum atomic E-state index is 11.4. The Labute approximate surface area is 113 Å². The van der Waals surface area contributed by atoms with E-state index < -0.39 is 5.97 Å². The van der Waals surface area contributed by atoms with Gasteiger partial charge < -0.3 is 5.11 Å². The fourth-order valence-corrected chi connectivity index (χ4v) is 2.35. The first-order chi connectivity index (χ1) is 9.22. The Morgan fingerprint density at radius 2 is 1.79 bits per heavy atom. The lowest BCUT2D eigenvalue weighted by atomic mass is 9.92. The van der Waals surface area contributed by atoms with E-state index in [-0.39, 0.29) is 0 Å². The molecule has 2 rings (SSSR count). The van der Waals surface area contributed by atoms with Gasteiger partial charge in [0.05, 0.1) is 5.56 Å². The molecule has 98 valence electrons. The number of rotatable bonds is 5. The van der Waals surface area contributed by atoms with Crippen molar-refractivity contribution in [3.63, 3.8) is 0 Å². The maximum Gasteiger partial charge on any atom is 0.335 e. The SMILES string of the molecule is CCCc1cccc(C(=O)O)c1Cc1ccccc1. The molecule has 0 radical (unpaired) electrons. The molecule has 0 bridgehead atoms. The summed E-state index contributed by atoms with van der Waals surface area (Å²) in [5.74, 6) is -0.844. The lowest BCUT2D eigenvalue weighted by Crippen LogP contribution is -2.06. The summed E-state index contributed by atoms with van der Waals surface area (Å²) < 4.78 is 0. The third-order valence-electron chi connectivity index (χ3n) is 3.25. The van der Waals surface area contributed by atoms with Gasteiger partial charge in [0.25, 0.3) is 0 Å². The van der Waals surface area contributed by atoms with Crippen LogP contribution in [0.4, 0.5) is 0 Å². The molecule has 0 amide bonds. The Hall–Kier alpha value is -2.09. The normalized spacial score (nSPS) is 10.4. The van der Waals surface area contributed by atoms with Crippen LogP contribution in [-0.4, -0.2) is 11.1 Å². The summed E-state index contributed by atoms with van der Waals surface area (Å²) in [5.41, 5.74) is 3.66. The van der Waals surface area contributed by atoms with Crippen LogP contribution in [-0.2, 0) is 12.8 Å². The zero-order valence-corrected chi connectivity index (χ0v) is 11.1. The highest BCUT2D eigenvalue weighted by atomic mass is 16.4. The van der Waals surface area contributed by atoms with Gasteiger partial charge in [-0.3, -0.25) is 0 Å². The van der Waals surface area contributed by atoms with Crippen molar-refractivity contribution in [3.8, 4) is 0 Å². The fourth-order valence-electron chi connectivity index (χ4n) is 2.35. The highest BCUT2D eigenvalue weighted by Crippen LogP contribution is 2.20. The van der Waals surface area contributed by atoms with Gasteiger partial charge in [0.2, 0.25) is 0 Å². The zero-order chi connectivity index (χ0) is 13.7. The van der Waals surface area contributed by atoms with Gasteiger partial charge in [-0.2, -0.15) is 0 Å². The van der Waals surface area contributed by atoms with E-state index in [9.17, 15) is 9.90 Å². The molecule has 0 heterocycles. The molecule has 0 spiro atoms. The molecule has 0 atom stereocenters. The van der Waals surface area contributed by atoms with Crippen molar-refractivity contribution >= 4 is 5.97 Å². The second-order valence-electron chi connectivity index (χ2n) is 4.66. The maximum absolute atomic E-state index is 11.4. The van der Waals surface area contributed by atoms with Gasteiger partial charge in [0, 0.05) is 0 Å². The first-order valence-corrected chi connectivity index (χ1v) is 6.60. The molecule has 19 heavy (non-hydrogen) atoms. The molecule has 0 aliphatic rings. The minimum atomic E-state index is -0.844. The van der Waals surface area contributed by atoms with Crippen LogP contribution in [0.15, 0.2) is 48.5 Å². The van der Waals surface area contributed by atoms with E-state index in [0.717, 1.165) is 29.5 Å². The molecule has 0 saturated heterocycles. The Balaban J connectivity index is 2.43. The quantitative estimate of drug-likeness (QED) is 0.877. The van der Waals surface area contributed by atoms with Crippen LogP contribution in [0.2, 0.25) is 0 Å². The van der Waals surface area contributed by atoms with Crippen LogP contribution in [0.5, 0.6) is 0 Å². The van der Waals surface area contributed by atoms with E-state index >= 15 is 0 Å². The minimum absolute atomic E-state index is 0.426. The number of aromatic carboxylic acids is 1. The van der Waals surface area contributed by atoms with Crippen LogP contribution in [0.1, 0.15) is 40.4 Å². The second-order valence-corrected chi connectivity index (χ2v) is 4.66. The number of carboxylic acids is 1. The number of carboxylic acid groups (broad SMARTS) is 1. The summed E-state index contributed by atoms with van der Waals surface area (Å²) >= 11 is 0. The van der Waals surface area contributed by atoms with Gasteiger partial charge in [-0.1, -0.05) is 55.8 Å². The predicted octanol–water partition coefficient (Wildman–Crippen LogP) is 3.93. The van der Waals surface area contributed by atoms with Crippen molar-refractivity contribution in [2.75, 3.05) is 0 Å². The Morgan fingerprint density at radius 3 is 2.42 bits per heavy atom. The van der Waals surface area contributed by atoms with Gasteiger partial charge >= 0.3 is 5.97 Å². The van der Waals surface area contributed by atoms with Crippen LogP contribution < -0.4 is 0 Å². The monoisotopic (exact) mass is 254 g/mol. The van der Waals surface area contributed by atoms with E-state index in [1.807, 2.05) is 42.5 Å². The molecule has 0 unspecified atom stereocenters. The second kappa shape index (κ2) is 6.19. The summed E-state index contributed by atoms with van der Waals surface area (Å²) in [6.45, 7) is 2.11. The third kappa shape index (κ3) is 3.22. The van der Waals surface area contributed by atoms with E-state index in [0.29, 0.717) is 12.0 Å². The Kier molecular flexibility index (Phi) is 4.35. The number of benzene rings is 2. The van der Waals surface area contributed by atoms with Crippen molar-refractivity contribution in [1.29, 1.82) is 0 Å². The summed E-state index contributed by atoms with van der Waals surface area (Å²) in [5, 5.41) is 9.34. The number of hydrogen-bond donors (Lipinski definition) is 1. The van der Waals surface area contributed by atoms with Crippen LogP contribution in [0, 0.1) is 0 Å². The first kappa shape index (κ1) is 13.3. The van der Waals surface area contributed by atoms with Gasteiger partial charge in [-0.25, -0.2) is 4.79 Å². The van der Waals surface area contributed by atoms with Crippen molar-refractivity contribution in [1.82, 2.24) is 0 Å². The summed E-state index contributed by atoms with van der Waals surface area (Å²) in [7, 11) is 0. The Morgan fingerprint density at radius 1 is 1.05 bits per heavy atom. The minimum Gasteiger partial charge on any atom is -0.478 e. The van der Waals surface area contributed by atoms with Gasteiger partial charge in [0.15, 0.2) is 0 Å². The van der Waals surface area contributed by atoms with E-state index in [2.05, 4.69) is 6.92 Å². The van der Waals surface area contributed by atoms with E-state index in [1.165, 1.54) is 0 Å². The molecular formula is C17H18O2. The Bertz CT molecular complexity index is 559. The number of hydrogen-bond acceptors (Lipinski definition) is 1. The largest absolute Gasteiger partial charge is 0.478 e. The summed E-state index contributed by atoms with van der Waals surface area (Å²) in [6, 6.07) is 15.6. The van der Waals surface area contributed by atoms with Crippen LogP contribution >= 0.6 is 0 Å². The van der Waals surface area contributed by atoms with Crippen molar-refractivity contribution in [2.45, 2.75) is 26.2 Å². The predicted molar refractivity (Wildman–Crippen MR) is 76.6 cm³/mol. The highest BCUT2D eigenvalue weighted by molar-refractivity contribution is 5.90. The number of aryl methyl sites for hydroxylation is 1. The average Bonchev–Trinajstić information content (AvgIpc) is 2.42. The fraction of sp³-hybridized carbons (Fsp3) is 0.235. The molecule has 0 fully saturated rings. The highest BCUT2D eigenvalue weighted by Gasteiger charge is 2.13. The van der Waals surface area contributed by atoms with Crippen molar-refractivity contribution < 1.29 is 9.90 Å². The van der Waals surface area contributed by atoms with Gasteiger partial charge in [-0.15, -0.1) is 0 Å². The molecule has 1 N–H and O–H groups in total. The lowest BCUT2D eigenvalue weighted by Gasteiger charge is -2.12. The van der Waals surface area contributed by atoms with Gasteiger partial charge in [0.1, 0.15) is 0 Å². The van der Waals surface area contributed by atoms with E-state index in [4.69, 9.17) is 0 Å². The van der Waals surface area contributed by atoms with Crippen LogP contribution in [0.25, 0.3) is 0 Å². The summed E-state index contributed by atoms with van der Waals surface area (Å²) in [6.07, 6.45) is 2.62.